The third-order valence-electron chi connectivity index (χ3n) is 5.81. The van der Waals surface area contributed by atoms with Crippen LogP contribution in [0.3, 0.4) is 0 Å². The van der Waals surface area contributed by atoms with E-state index in [-0.39, 0.29) is 6.04 Å². The molecule has 1 fully saturated rings. The fourth-order valence-electron chi connectivity index (χ4n) is 3.91. The Kier molecular flexibility index (Phi) is 7.05. The van der Waals surface area contributed by atoms with E-state index in [0.29, 0.717) is 23.4 Å². The minimum atomic E-state index is -4.34. The molecule has 33 heavy (non-hydrogen) atoms. The van der Waals surface area contributed by atoms with E-state index >= 15 is 0 Å². The number of hydrogen-bond acceptors (Lipinski definition) is 5. The predicted molar refractivity (Wildman–Crippen MR) is 125 cm³/mol. The third-order valence-corrected chi connectivity index (χ3v) is 6.11. The zero-order valence-corrected chi connectivity index (χ0v) is 18.6. The zero-order chi connectivity index (χ0) is 23.4. The van der Waals surface area contributed by atoms with Gasteiger partial charge in [-0.25, -0.2) is 9.97 Å². The second-order valence-corrected chi connectivity index (χ2v) is 8.69. The summed E-state index contributed by atoms with van der Waals surface area (Å²) in [5.41, 5.74) is 7.73. The van der Waals surface area contributed by atoms with E-state index in [1.54, 1.807) is 12.4 Å². The van der Waals surface area contributed by atoms with Gasteiger partial charge >= 0.3 is 6.18 Å². The average molecular weight is 476 g/mol. The molecule has 0 aliphatic heterocycles. The van der Waals surface area contributed by atoms with Crippen LogP contribution in [0.4, 0.5) is 24.8 Å². The first-order chi connectivity index (χ1) is 15.8. The van der Waals surface area contributed by atoms with E-state index in [9.17, 15) is 13.2 Å². The van der Waals surface area contributed by atoms with Crippen LogP contribution in [0.2, 0.25) is 5.02 Å². The number of nitrogens with one attached hydrogen (secondary N) is 2. The largest absolute Gasteiger partial charge is 0.416 e. The Hall–Kier alpha value is -2.84. The van der Waals surface area contributed by atoms with Gasteiger partial charge in [0.25, 0.3) is 0 Å². The zero-order valence-electron chi connectivity index (χ0n) is 17.9. The highest BCUT2D eigenvalue weighted by Gasteiger charge is 2.29. The van der Waals surface area contributed by atoms with Crippen LogP contribution >= 0.6 is 11.6 Å². The van der Waals surface area contributed by atoms with Crippen molar-refractivity contribution in [3.8, 4) is 11.1 Å². The van der Waals surface area contributed by atoms with Crippen molar-refractivity contribution >= 4 is 23.2 Å². The van der Waals surface area contributed by atoms with E-state index in [1.165, 1.54) is 12.1 Å². The van der Waals surface area contributed by atoms with Crippen molar-refractivity contribution in [2.24, 2.45) is 5.73 Å². The molecule has 1 aliphatic carbocycles. The van der Waals surface area contributed by atoms with Crippen molar-refractivity contribution in [1.82, 2.24) is 9.97 Å². The molecule has 1 saturated carbocycles. The Labute approximate surface area is 195 Å². The van der Waals surface area contributed by atoms with E-state index in [1.807, 2.05) is 18.2 Å². The number of nitrogens with two attached hydrogens (primary N) is 1. The SMILES string of the molecule is NC1CCC(Nc2cc(-c3ccnc(NCc4ccc(C(F)(F)F)cc4)c3)c(Cl)cn2)CC1. The van der Waals surface area contributed by atoms with Gasteiger partial charge in [0.2, 0.25) is 0 Å². The molecule has 0 unspecified atom stereocenters. The second kappa shape index (κ2) is 9.97. The first-order valence-electron chi connectivity index (χ1n) is 10.8. The van der Waals surface area contributed by atoms with Gasteiger partial charge in [0.1, 0.15) is 11.6 Å². The number of aromatic nitrogens is 2. The summed E-state index contributed by atoms with van der Waals surface area (Å²) >= 11 is 6.43. The fourth-order valence-corrected chi connectivity index (χ4v) is 4.12. The molecule has 2 heterocycles. The lowest BCUT2D eigenvalue weighted by molar-refractivity contribution is -0.137. The number of benzene rings is 1. The lowest BCUT2D eigenvalue weighted by atomic mass is 9.92. The first kappa shape index (κ1) is 23.3. The monoisotopic (exact) mass is 475 g/mol. The standard InChI is InChI=1S/C24H25ClF3N5/c25-21-14-32-23(33-19-7-5-18(29)6-8-19)12-20(21)16-9-10-30-22(11-16)31-13-15-1-3-17(4-2-15)24(26,27)28/h1-4,9-12,14,18-19H,5-8,13,29H2,(H,30,31)(H,32,33). The number of hydrogen-bond donors (Lipinski definition) is 3. The summed E-state index contributed by atoms with van der Waals surface area (Å²) in [7, 11) is 0. The van der Waals surface area contributed by atoms with Crippen LogP contribution < -0.4 is 16.4 Å². The molecular weight excluding hydrogens is 451 g/mol. The Balaban J connectivity index is 1.44. The molecule has 0 spiro atoms. The minimum Gasteiger partial charge on any atom is -0.367 e. The van der Waals surface area contributed by atoms with E-state index < -0.39 is 11.7 Å². The summed E-state index contributed by atoms with van der Waals surface area (Å²) in [6.45, 7) is 0.343. The first-order valence-corrected chi connectivity index (χ1v) is 11.2. The third kappa shape index (κ3) is 6.15. The maximum atomic E-state index is 12.7. The van der Waals surface area contributed by atoms with Gasteiger partial charge in [0, 0.05) is 36.6 Å². The average Bonchev–Trinajstić information content (AvgIpc) is 2.80. The number of anilines is 2. The topological polar surface area (TPSA) is 75.9 Å². The number of halogens is 4. The van der Waals surface area contributed by atoms with E-state index in [2.05, 4.69) is 20.6 Å². The highest BCUT2D eigenvalue weighted by molar-refractivity contribution is 6.33. The summed E-state index contributed by atoms with van der Waals surface area (Å²) in [5.74, 6) is 1.35. The quantitative estimate of drug-likeness (QED) is 0.401. The van der Waals surface area contributed by atoms with Gasteiger partial charge in [-0.2, -0.15) is 13.2 Å². The molecule has 5 nitrogen and oxygen atoms in total. The van der Waals surface area contributed by atoms with Gasteiger partial charge in [-0.3, -0.25) is 0 Å². The molecule has 9 heteroatoms. The van der Waals surface area contributed by atoms with Crippen molar-refractivity contribution < 1.29 is 13.2 Å². The maximum absolute atomic E-state index is 12.7. The molecule has 174 valence electrons. The molecule has 0 radical (unpaired) electrons. The van der Waals surface area contributed by atoms with Crippen molar-refractivity contribution in [2.75, 3.05) is 10.6 Å². The van der Waals surface area contributed by atoms with Gasteiger partial charge in [-0.05, 0) is 67.1 Å². The summed E-state index contributed by atoms with van der Waals surface area (Å²) in [6.07, 6.45) is 2.96. The Morgan fingerprint density at radius 2 is 1.70 bits per heavy atom. The highest BCUT2D eigenvalue weighted by Crippen LogP contribution is 2.32. The number of pyridine rings is 2. The van der Waals surface area contributed by atoms with Gasteiger partial charge in [-0.1, -0.05) is 23.7 Å². The minimum absolute atomic E-state index is 0.280. The van der Waals surface area contributed by atoms with Gasteiger partial charge in [-0.15, -0.1) is 0 Å². The van der Waals surface area contributed by atoms with Crippen LogP contribution in [0.5, 0.6) is 0 Å². The molecule has 0 atom stereocenters. The van der Waals surface area contributed by atoms with Crippen LogP contribution in [-0.2, 0) is 12.7 Å². The second-order valence-electron chi connectivity index (χ2n) is 8.28. The molecule has 0 amide bonds. The van der Waals surface area contributed by atoms with Gasteiger partial charge < -0.3 is 16.4 Å². The van der Waals surface area contributed by atoms with Crippen LogP contribution in [-0.4, -0.2) is 22.1 Å². The molecule has 4 N–H and O–H groups in total. The maximum Gasteiger partial charge on any atom is 0.416 e. The summed E-state index contributed by atoms with van der Waals surface area (Å²) in [5, 5.41) is 7.15. The molecule has 0 bridgehead atoms. The molecule has 1 aliphatic rings. The Morgan fingerprint density at radius 1 is 0.970 bits per heavy atom. The van der Waals surface area contributed by atoms with Crippen molar-refractivity contribution in [2.45, 2.75) is 50.5 Å². The molecular formula is C24H25ClF3N5. The van der Waals surface area contributed by atoms with Crippen molar-refractivity contribution in [3.05, 3.63) is 71.0 Å². The van der Waals surface area contributed by atoms with Gasteiger partial charge in [0.15, 0.2) is 0 Å². The number of nitrogens with zero attached hydrogens (tertiary/aromatic N) is 2. The van der Waals surface area contributed by atoms with Crippen LogP contribution in [0.15, 0.2) is 54.9 Å². The summed E-state index contributed by atoms with van der Waals surface area (Å²) in [6, 6.07) is 11.3. The smallest absolute Gasteiger partial charge is 0.367 e. The van der Waals surface area contributed by atoms with Crippen LogP contribution in [0.25, 0.3) is 11.1 Å². The van der Waals surface area contributed by atoms with Crippen LogP contribution in [0, 0.1) is 0 Å². The lowest BCUT2D eigenvalue weighted by Gasteiger charge is -2.27. The van der Waals surface area contributed by atoms with E-state index in [0.717, 1.165) is 60.3 Å². The molecule has 4 rings (SSSR count). The lowest BCUT2D eigenvalue weighted by Crippen LogP contribution is -2.33. The molecule has 1 aromatic carbocycles. The Morgan fingerprint density at radius 3 is 2.39 bits per heavy atom. The predicted octanol–water partition coefficient (Wildman–Crippen LogP) is 6.11. The molecule has 0 saturated heterocycles. The van der Waals surface area contributed by atoms with E-state index in [4.69, 9.17) is 17.3 Å². The normalized spacial score (nSPS) is 18.7. The van der Waals surface area contributed by atoms with Gasteiger partial charge in [0.05, 0.1) is 10.6 Å². The van der Waals surface area contributed by atoms with Crippen LogP contribution in [0.1, 0.15) is 36.8 Å². The number of rotatable bonds is 6. The molecule has 3 aromatic rings. The summed E-state index contributed by atoms with van der Waals surface area (Å²) < 4.78 is 38.2. The summed E-state index contributed by atoms with van der Waals surface area (Å²) in [4.78, 5) is 8.73. The fraction of sp³-hybridized carbons (Fsp3) is 0.333. The van der Waals surface area contributed by atoms with Crippen molar-refractivity contribution in [3.63, 3.8) is 0 Å². The Bertz CT molecular complexity index is 1080. The van der Waals surface area contributed by atoms with Crippen molar-refractivity contribution in [1.29, 1.82) is 0 Å². The number of alkyl halides is 3. The molecule has 2 aromatic heterocycles. The highest BCUT2D eigenvalue weighted by atomic mass is 35.5.